The molecule has 1 aromatic heterocycles. The van der Waals surface area contributed by atoms with Crippen LogP contribution >= 0.6 is 27.3 Å². The van der Waals surface area contributed by atoms with E-state index in [1.165, 1.54) is 10.4 Å². The molecular formula is C14H17BrN2S. The molecule has 1 unspecified atom stereocenters. The molecule has 0 radical (unpaired) electrons. The highest BCUT2D eigenvalue weighted by Gasteiger charge is 2.11. The molecule has 2 N–H and O–H groups in total. The summed E-state index contributed by atoms with van der Waals surface area (Å²) < 4.78 is 1.09. The zero-order chi connectivity index (χ0) is 13.1. The Kier molecular flexibility index (Phi) is 4.54. The smallest absolute Gasteiger partial charge is 0.0950 e. The summed E-state index contributed by atoms with van der Waals surface area (Å²) in [6, 6.07) is 8.50. The minimum absolute atomic E-state index is 0.216. The quantitative estimate of drug-likeness (QED) is 0.917. The Balaban J connectivity index is 2.26. The largest absolute Gasteiger partial charge is 0.327 e. The van der Waals surface area contributed by atoms with Crippen molar-refractivity contribution in [3.63, 3.8) is 0 Å². The first-order valence-corrected chi connectivity index (χ1v) is 7.69. The molecular weight excluding hydrogens is 308 g/mol. The van der Waals surface area contributed by atoms with Crippen molar-refractivity contribution in [2.75, 3.05) is 0 Å². The van der Waals surface area contributed by atoms with Crippen LogP contribution < -0.4 is 5.73 Å². The number of benzene rings is 1. The average molecular weight is 325 g/mol. The Morgan fingerprint density at radius 3 is 2.61 bits per heavy atom. The van der Waals surface area contributed by atoms with E-state index < -0.39 is 0 Å². The molecule has 2 nitrogen and oxygen atoms in total. The van der Waals surface area contributed by atoms with Gasteiger partial charge in [-0.3, -0.25) is 0 Å². The first-order chi connectivity index (χ1) is 8.60. The normalized spacial score (nSPS) is 12.7. The highest BCUT2D eigenvalue weighted by Crippen LogP contribution is 2.29. The average Bonchev–Trinajstić information content (AvgIpc) is 2.71. The summed E-state index contributed by atoms with van der Waals surface area (Å²) in [5, 5.41) is 1.14. The van der Waals surface area contributed by atoms with Gasteiger partial charge in [0.15, 0.2) is 0 Å². The Labute approximate surface area is 120 Å². The fraction of sp³-hybridized carbons (Fsp3) is 0.357. The van der Waals surface area contributed by atoms with E-state index in [4.69, 9.17) is 10.7 Å². The summed E-state index contributed by atoms with van der Waals surface area (Å²) in [5.41, 5.74) is 8.24. The fourth-order valence-electron chi connectivity index (χ4n) is 1.78. The molecule has 0 saturated carbocycles. The van der Waals surface area contributed by atoms with Crippen LogP contribution in [0.3, 0.4) is 0 Å². The second-order valence-corrected chi connectivity index (χ2v) is 6.60. The molecule has 0 aliphatic carbocycles. The number of nitrogens with zero attached hydrogens (tertiary/aromatic N) is 1. The van der Waals surface area contributed by atoms with Crippen LogP contribution in [0.25, 0.3) is 11.3 Å². The van der Waals surface area contributed by atoms with E-state index in [-0.39, 0.29) is 6.04 Å². The molecule has 1 aromatic carbocycles. The van der Waals surface area contributed by atoms with Crippen LogP contribution in [-0.2, 0) is 6.42 Å². The van der Waals surface area contributed by atoms with E-state index in [1.807, 2.05) is 12.1 Å². The highest BCUT2D eigenvalue weighted by molar-refractivity contribution is 9.10. The van der Waals surface area contributed by atoms with Crippen LogP contribution in [-0.4, -0.2) is 11.0 Å². The van der Waals surface area contributed by atoms with Gasteiger partial charge in [0, 0.05) is 27.4 Å². The number of halogens is 1. The Morgan fingerprint density at radius 2 is 2.00 bits per heavy atom. The Hall–Kier alpha value is -0.710. The maximum absolute atomic E-state index is 5.98. The monoisotopic (exact) mass is 324 g/mol. The molecule has 0 spiro atoms. The molecule has 0 bridgehead atoms. The van der Waals surface area contributed by atoms with Crippen molar-refractivity contribution < 1.29 is 0 Å². The van der Waals surface area contributed by atoms with Crippen molar-refractivity contribution in [1.82, 2.24) is 4.98 Å². The third kappa shape index (κ3) is 3.19. The second kappa shape index (κ2) is 5.95. The summed E-state index contributed by atoms with van der Waals surface area (Å²) in [5.74, 6) is 0. The SMILES string of the molecule is CCC(N)Cc1nc(-c2ccc(Br)cc2)c(C)s1. The van der Waals surface area contributed by atoms with Crippen molar-refractivity contribution in [2.24, 2.45) is 5.73 Å². The standard InChI is InChI=1S/C14H17BrN2S/c1-3-12(16)8-13-17-14(9(2)18-13)10-4-6-11(15)7-5-10/h4-7,12H,3,8,16H2,1-2H3. The van der Waals surface area contributed by atoms with Crippen LogP contribution in [0.1, 0.15) is 23.2 Å². The van der Waals surface area contributed by atoms with E-state index >= 15 is 0 Å². The predicted octanol–water partition coefficient (Wildman–Crippen LogP) is 4.16. The molecule has 0 aliphatic rings. The van der Waals surface area contributed by atoms with E-state index in [0.717, 1.165) is 28.0 Å². The summed E-state index contributed by atoms with van der Waals surface area (Å²) in [4.78, 5) is 5.98. The fourth-order valence-corrected chi connectivity index (χ4v) is 3.10. The topological polar surface area (TPSA) is 38.9 Å². The van der Waals surface area contributed by atoms with Crippen molar-refractivity contribution >= 4 is 27.3 Å². The zero-order valence-corrected chi connectivity index (χ0v) is 13.0. The molecule has 2 aromatic rings. The summed E-state index contributed by atoms with van der Waals surface area (Å²) in [7, 11) is 0. The van der Waals surface area contributed by atoms with Gasteiger partial charge in [0.05, 0.1) is 10.7 Å². The van der Waals surface area contributed by atoms with Gasteiger partial charge in [-0.2, -0.15) is 0 Å². The lowest BCUT2D eigenvalue weighted by atomic mass is 10.1. The van der Waals surface area contributed by atoms with E-state index in [2.05, 4.69) is 41.9 Å². The molecule has 0 fully saturated rings. The predicted molar refractivity (Wildman–Crippen MR) is 82.0 cm³/mol. The van der Waals surface area contributed by atoms with Gasteiger partial charge in [-0.25, -0.2) is 4.98 Å². The lowest BCUT2D eigenvalue weighted by molar-refractivity contribution is 0.644. The van der Waals surface area contributed by atoms with E-state index in [9.17, 15) is 0 Å². The van der Waals surface area contributed by atoms with E-state index in [0.29, 0.717) is 0 Å². The van der Waals surface area contributed by atoms with Gasteiger partial charge >= 0.3 is 0 Å². The van der Waals surface area contributed by atoms with Gasteiger partial charge in [-0.05, 0) is 25.5 Å². The first kappa shape index (κ1) is 13.7. The van der Waals surface area contributed by atoms with Gasteiger partial charge < -0.3 is 5.73 Å². The van der Waals surface area contributed by atoms with Crippen LogP contribution in [0.5, 0.6) is 0 Å². The number of nitrogens with two attached hydrogens (primary N) is 1. The third-order valence-corrected chi connectivity index (χ3v) is 4.44. The van der Waals surface area contributed by atoms with Crippen LogP contribution in [0.4, 0.5) is 0 Å². The van der Waals surface area contributed by atoms with Gasteiger partial charge in [-0.1, -0.05) is 35.0 Å². The van der Waals surface area contributed by atoms with Gasteiger partial charge in [0.25, 0.3) is 0 Å². The second-order valence-electron chi connectivity index (χ2n) is 4.39. The summed E-state index contributed by atoms with van der Waals surface area (Å²) in [6.07, 6.45) is 1.87. The number of aromatic nitrogens is 1. The molecule has 1 heterocycles. The molecule has 0 amide bonds. The summed E-state index contributed by atoms with van der Waals surface area (Å²) in [6.45, 7) is 4.23. The summed E-state index contributed by atoms with van der Waals surface area (Å²) >= 11 is 5.20. The molecule has 2 rings (SSSR count). The van der Waals surface area contributed by atoms with Crippen molar-refractivity contribution in [3.8, 4) is 11.3 Å². The lowest BCUT2D eigenvalue weighted by Crippen LogP contribution is -2.21. The number of thiazole rings is 1. The number of aryl methyl sites for hydroxylation is 1. The zero-order valence-electron chi connectivity index (χ0n) is 10.6. The molecule has 0 saturated heterocycles. The number of rotatable bonds is 4. The molecule has 4 heteroatoms. The van der Waals surface area contributed by atoms with Gasteiger partial charge in [-0.15, -0.1) is 11.3 Å². The number of hydrogen-bond acceptors (Lipinski definition) is 3. The van der Waals surface area contributed by atoms with Crippen LogP contribution in [0.15, 0.2) is 28.7 Å². The lowest BCUT2D eigenvalue weighted by Gasteiger charge is -2.04. The minimum atomic E-state index is 0.216. The molecule has 18 heavy (non-hydrogen) atoms. The molecule has 0 aliphatic heterocycles. The third-order valence-electron chi connectivity index (χ3n) is 2.92. The Morgan fingerprint density at radius 1 is 1.33 bits per heavy atom. The highest BCUT2D eigenvalue weighted by atomic mass is 79.9. The minimum Gasteiger partial charge on any atom is -0.327 e. The van der Waals surface area contributed by atoms with Gasteiger partial charge in [0.1, 0.15) is 0 Å². The molecule has 1 atom stereocenters. The van der Waals surface area contributed by atoms with Crippen molar-refractivity contribution in [2.45, 2.75) is 32.7 Å². The maximum atomic E-state index is 5.98. The van der Waals surface area contributed by atoms with Crippen LogP contribution in [0.2, 0.25) is 0 Å². The van der Waals surface area contributed by atoms with E-state index in [1.54, 1.807) is 11.3 Å². The molecule has 96 valence electrons. The van der Waals surface area contributed by atoms with Gasteiger partial charge in [0.2, 0.25) is 0 Å². The van der Waals surface area contributed by atoms with Crippen molar-refractivity contribution in [1.29, 1.82) is 0 Å². The van der Waals surface area contributed by atoms with Crippen molar-refractivity contribution in [3.05, 3.63) is 38.6 Å². The Bertz CT molecular complexity index is 519. The number of hydrogen-bond donors (Lipinski definition) is 1. The maximum Gasteiger partial charge on any atom is 0.0950 e. The first-order valence-electron chi connectivity index (χ1n) is 6.08. The van der Waals surface area contributed by atoms with Crippen LogP contribution in [0, 0.1) is 6.92 Å².